The first-order valence-electron chi connectivity index (χ1n) is 7.04. The van der Waals surface area contributed by atoms with E-state index >= 15 is 0 Å². The number of hydrogen-bond donors (Lipinski definition) is 2. The van der Waals surface area contributed by atoms with Crippen LogP contribution in [0.3, 0.4) is 0 Å². The van der Waals surface area contributed by atoms with Crippen LogP contribution in [0.5, 0.6) is 0 Å². The summed E-state index contributed by atoms with van der Waals surface area (Å²) in [5, 5.41) is 20.7. The third-order valence-corrected chi connectivity index (χ3v) is 5.80. The Balaban J connectivity index is 2.01. The van der Waals surface area contributed by atoms with Crippen molar-refractivity contribution in [3.8, 4) is 0 Å². The molecule has 0 heterocycles. The molecule has 3 nitrogen and oxygen atoms in total. The van der Waals surface area contributed by atoms with E-state index in [9.17, 15) is 15.0 Å². The maximum absolute atomic E-state index is 11.9. The smallest absolute Gasteiger partial charge is 0.312 e. The zero-order valence-electron chi connectivity index (χ0n) is 10.3. The molecule has 96 valence electrons. The highest BCUT2D eigenvalue weighted by Gasteiger charge is 2.64. The highest BCUT2D eigenvalue weighted by molar-refractivity contribution is 5.77. The van der Waals surface area contributed by atoms with Gasteiger partial charge >= 0.3 is 5.97 Å². The number of fused-ring (bicyclic) bond motifs is 3. The van der Waals surface area contributed by atoms with Gasteiger partial charge in [0.05, 0.1) is 11.0 Å². The van der Waals surface area contributed by atoms with E-state index in [1.54, 1.807) is 0 Å². The summed E-state index contributed by atoms with van der Waals surface area (Å²) in [5.74, 6) is 0.0325. The largest absolute Gasteiger partial charge is 0.481 e. The van der Waals surface area contributed by atoms with Gasteiger partial charge in [0.25, 0.3) is 0 Å². The molecule has 0 radical (unpaired) electrons. The van der Waals surface area contributed by atoms with Gasteiger partial charge in [0.1, 0.15) is 0 Å². The molecule has 1 atom stereocenters. The first-order valence-corrected chi connectivity index (χ1v) is 7.04. The van der Waals surface area contributed by atoms with Gasteiger partial charge in [0.15, 0.2) is 0 Å². The predicted octanol–water partition coefficient (Wildman–Crippen LogP) is 2.57. The highest BCUT2D eigenvalue weighted by Crippen LogP contribution is 2.61. The minimum Gasteiger partial charge on any atom is -0.481 e. The average Bonchev–Trinajstić information content (AvgIpc) is 2.78. The molecule has 0 aliphatic heterocycles. The van der Waals surface area contributed by atoms with E-state index in [2.05, 4.69) is 0 Å². The minimum atomic E-state index is -0.914. The summed E-state index contributed by atoms with van der Waals surface area (Å²) in [6.07, 6.45) is 8.48. The molecule has 3 heteroatoms. The SMILES string of the molecule is O=C(O)C1(C2(O)CCCC2)CC2CCC1CC2. The second-order valence-corrected chi connectivity index (χ2v) is 6.44. The second-order valence-electron chi connectivity index (χ2n) is 6.44. The third kappa shape index (κ3) is 1.41. The zero-order chi connectivity index (χ0) is 12.1. The second kappa shape index (κ2) is 3.71. The molecule has 4 rings (SSSR count). The summed E-state index contributed by atoms with van der Waals surface area (Å²) in [6.45, 7) is 0. The molecular weight excluding hydrogens is 216 g/mol. The quantitative estimate of drug-likeness (QED) is 0.777. The highest BCUT2D eigenvalue weighted by atomic mass is 16.4. The number of hydrogen-bond acceptors (Lipinski definition) is 2. The van der Waals surface area contributed by atoms with Crippen molar-refractivity contribution in [2.75, 3.05) is 0 Å². The van der Waals surface area contributed by atoms with Crippen LogP contribution in [-0.2, 0) is 4.79 Å². The van der Waals surface area contributed by atoms with E-state index in [0.29, 0.717) is 18.8 Å². The summed E-state index contributed by atoms with van der Waals surface area (Å²) in [6, 6.07) is 0. The van der Waals surface area contributed by atoms with Gasteiger partial charge in [-0.1, -0.05) is 25.7 Å². The van der Waals surface area contributed by atoms with Crippen molar-refractivity contribution < 1.29 is 15.0 Å². The van der Waals surface area contributed by atoms with Crippen LogP contribution < -0.4 is 0 Å². The third-order valence-electron chi connectivity index (χ3n) is 5.80. The van der Waals surface area contributed by atoms with Crippen molar-refractivity contribution in [2.24, 2.45) is 17.3 Å². The minimum absolute atomic E-state index is 0.216. The lowest BCUT2D eigenvalue weighted by molar-refractivity contribution is -0.197. The molecule has 0 saturated heterocycles. The Kier molecular flexibility index (Phi) is 2.51. The summed E-state index contributed by atoms with van der Waals surface area (Å²) in [4.78, 5) is 11.9. The number of carboxylic acids is 1. The van der Waals surface area contributed by atoms with Crippen LogP contribution in [0, 0.1) is 17.3 Å². The maximum Gasteiger partial charge on any atom is 0.312 e. The van der Waals surface area contributed by atoms with Crippen LogP contribution in [0.2, 0.25) is 0 Å². The Labute approximate surface area is 102 Å². The van der Waals surface area contributed by atoms with E-state index in [1.807, 2.05) is 0 Å². The number of rotatable bonds is 2. The van der Waals surface area contributed by atoms with Crippen molar-refractivity contribution in [2.45, 2.75) is 63.4 Å². The van der Waals surface area contributed by atoms with Crippen LogP contribution in [0.4, 0.5) is 0 Å². The summed E-state index contributed by atoms with van der Waals surface area (Å²) < 4.78 is 0. The van der Waals surface area contributed by atoms with Crippen LogP contribution >= 0.6 is 0 Å². The predicted molar refractivity (Wildman–Crippen MR) is 63.6 cm³/mol. The van der Waals surface area contributed by atoms with Crippen molar-refractivity contribution >= 4 is 5.97 Å². The molecule has 0 amide bonds. The van der Waals surface area contributed by atoms with Gasteiger partial charge < -0.3 is 10.2 Å². The van der Waals surface area contributed by atoms with Gasteiger partial charge in [-0.25, -0.2) is 0 Å². The molecule has 0 aromatic heterocycles. The fourth-order valence-corrected chi connectivity index (χ4v) is 4.92. The molecule has 0 aromatic carbocycles. The Hall–Kier alpha value is -0.570. The normalized spacial score (nSPS) is 43.8. The maximum atomic E-state index is 11.9. The zero-order valence-corrected chi connectivity index (χ0v) is 10.3. The lowest BCUT2D eigenvalue weighted by atomic mass is 9.49. The Morgan fingerprint density at radius 2 is 1.65 bits per heavy atom. The summed E-state index contributed by atoms with van der Waals surface area (Å²) >= 11 is 0. The molecule has 17 heavy (non-hydrogen) atoms. The van der Waals surface area contributed by atoms with E-state index in [0.717, 1.165) is 32.1 Å². The lowest BCUT2D eigenvalue weighted by Crippen LogP contribution is -2.60. The van der Waals surface area contributed by atoms with E-state index < -0.39 is 17.0 Å². The summed E-state index contributed by atoms with van der Waals surface area (Å²) in [7, 11) is 0. The Morgan fingerprint density at radius 1 is 1.06 bits per heavy atom. The van der Waals surface area contributed by atoms with E-state index in [-0.39, 0.29) is 5.92 Å². The topological polar surface area (TPSA) is 57.5 Å². The van der Waals surface area contributed by atoms with E-state index in [1.165, 1.54) is 12.8 Å². The van der Waals surface area contributed by atoms with Gasteiger partial charge in [0, 0.05) is 0 Å². The number of aliphatic carboxylic acids is 1. The van der Waals surface area contributed by atoms with Gasteiger partial charge in [-0.2, -0.15) is 0 Å². The first-order chi connectivity index (χ1) is 8.08. The van der Waals surface area contributed by atoms with Crippen LogP contribution in [0.15, 0.2) is 0 Å². The molecule has 0 spiro atoms. The van der Waals surface area contributed by atoms with Crippen molar-refractivity contribution in [3.05, 3.63) is 0 Å². The van der Waals surface area contributed by atoms with Crippen LogP contribution in [0.25, 0.3) is 0 Å². The molecule has 4 fully saturated rings. The van der Waals surface area contributed by atoms with Gasteiger partial charge in [0.2, 0.25) is 0 Å². The molecule has 0 aromatic rings. The van der Waals surface area contributed by atoms with Crippen molar-refractivity contribution in [1.29, 1.82) is 0 Å². The van der Waals surface area contributed by atoms with Crippen LogP contribution in [0.1, 0.15) is 57.8 Å². The number of aliphatic hydroxyl groups is 1. The molecule has 1 unspecified atom stereocenters. The van der Waals surface area contributed by atoms with E-state index in [4.69, 9.17) is 0 Å². The fourth-order valence-electron chi connectivity index (χ4n) is 4.92. The van der Waals surface area contributed by atoms with Crippen molar-refractivity contribution in [3.63, 3.8) is 0 Å². The standard InChI is InChI=1S/C14H22O3/c15-12(16)14(13(17)7-1-2-8-13)9-10-3-5-11(14)6-4-10/h10-11,17H,1-9H2,(H,15,16). The monoisotopic (exact) mass is 238 g/mol. The molecule has 2 bridgehead atoms. The molecule has 4 aliphatic rings. The number of carbonyl (C=O) groups is 1. The average molecular weight is 238 g/mol. The molecule has 4 saturated carbocycles. The van der Waals surface area contributed by atoms with Crippen LogP contribution in [-0.4, -0.2) is 21.8 Å². The lowest BCUT2D eigenvalue weighted by Gasteiger charge is -2.55. The molecule has 2 N–H and O–H groups in total. The first kappa shape index (κ1) is 11.5. The number of carboxylic acid groups (broad SMARTS) is 1. The Morgan fingerprint density at radius 3 is 2.06 bits per heavy atom. The Bertz CT molecular complexity index is 324. The van der Waals surface area contributed by atoms with Crippen molar-refractivity contribution in [1.82, 2.24) is 0 Å². The van der Waals surface area contributed by atoms with Gasteiger partial charge in [-0.05, 0) is 43.9 Å². The van der Waals surface area contributed by atoms with Gasteiger partial charge in [-0.3, -0.25) is 4.79 Å². The molecular formula is C14H22O3. The fraction of sp³-hybridized carbons (Fsp3) is 0.929. The van der Waals surface area contributed by atoms with Gasteiger partial charge in [-0.15, -0.1) is 0 Å². The molecule has 4 aliphatic carbocycles. The summed E-state index contributed by atoms with van der Waals surface area (Å²) in [5.41, 5.74) is -1.73.